The summed E-state index contributed by atoms with van der Waals surface area (Å²) in [5, 5.41) is 18.8. The summed E-state index contributed by atoms with van der Waals surface area (Å²) in [7, 11) is 0. The average molecular weight is 443 g/mol. The summed E-state index contributed by atoms with van der Waals surface area (Å²) in [6.07, 6.45) is 0.0136. The molecule has 1 aromatic heterocycles. The van der Waals surface area contributed by atoms with Crippen LogP contribution in [-0.4, -0.2) is 23.1 Å². The number of nitrogens with one attached hydrogen (secondary N) is 1. The maximum Gasteiger partial charge on any atom is 0.253 e. The highest BCUT2D eigenvalue weighted by atomic mass is 79.9. The summed E-state index contributed by atoms with van der Waals surface area (Å²) >= 11 is 3.33. The quantitative estimate of drug-likeness (QED) is 0.470. The fourth-order valence-corrected chi connectivity index (χ4v) is 3.32. The summed E-state index contributed by atoms with van der Waals surface area (Å²) in [6.45, 7) is 0.0368. The molecule has 0 spiro atoms. The van der Waals surface area contributed by atoms with Crippen molar-refractivity contribution in [3.63, 3.8) is 0 Å². The van der Waals surface area contributed by atoms with E-state index in [-0.39, 0.29) is 30.5 Å². The van der Waals surface area contributed by atoms with Crippen LogP contribution in [0.15, 0.2) is 63.6 Å². The van der Waals surface area contributed by atoms with Gasteiger partial charge in [0.1, 0.15) is 0 Å². The van der Waals surface area contributed by atoms with Crippen LogP contribution in [0.2, 0.25) is 0 Å². The van der Waals surface area contributed by atoms with E-state index in [0.717, 1.165) is 9.37 Å². The van der Waals surface area contributed by atoms with Crippen molar-refractivity contribution in [2.75, 3.05) is 4.90 Å². The van der Waals surface area contributed by atoms with Gasteiger partial charge in [0.25, 0.3) is 11.6 Å². The lowest BCUT2D eigenvalue weighted by Gasteiger charge is -2.15. The van der Waals surface area contributed by atoms with Crippen LogP contribution in [0.3, 0.4) is 0 Å². The number of amides is 2. The van der Waals surface area contributed by atoms with Gasteiger partial charge in [0, 0.05) is 16.6 Å². The van der Waals surface area contributed by atoms with E-state index < -0.39 is 12.0 Å². The first-order valence-corrected chi connectivity index (χ1v) is 9.33. The predicted octanol–water partition coefficient (Wildman–Crippen LogP) is 1.21. The molecule has 1 N–H and O–H groups in total. The van der Waals surface area contributed by atoms with Gasteiger partial charge in [0.2, 0.25) is 11.6 Å². The number of benzene rings is 2. The Labute approximate surface area is 168 Å². The molecular formula is C19H15BrN4O4. The Kier molecular flexibility index (Phi) is 4.93. The predicted molar refractivity (Wildman–Crippen MR) is 99.4 cm³/mol. The van der Waals surface area contributed by atoms with E-state index in [0.29, 0.717) is 11.4 Å². The van der Waals surface area contributed by atoms with Crippen molar-refractivity contribution in [2.45, 2.75) is 19.0 Å². The molecule has 1 saturated heterocycles. The van der Waals surface area contributed by atoms with Crippen LogP contribution in [0, 0.1) is 0 Å². The largest absolute Gasteiger partial charge is 0.539 e. The second-order valence-corrected chi connectivity index (χ2v) is 7.15. The molecule has 2 heterocycles. The lowest BCUT2D eigenvalue weighted by Crippen LogP contribution is -2.43. The molecule has 3 aromatic rings. The van der Waals surface area contributed by atoms with Gasteiger partial charge in [0.15, 0.2) is 5.95 Å². The van der Waals surface area contributed by atoms with Gasteiger partial charge in [0.05, 0.1) is 30.0 Å². The molecule has 8 nitrogen and oxygen atoms in total. The summed E-state index contributed by atoms with van der Waals surface area (Å²) in [6, 6.07) is 15.2. The Morgan fingerprint density at radius 2 is 1.89 bits per heavy atom. The normalized spacial score (nSPS) is 16.8. The number of aromatic nitrogens is 2. The Morgan fingerprint density at radius 3 is 2.61 bits per heavy atom. The second kappa shape index (κ2) is 7.53. The lowest BCUT2D eigenvalue weighted by molar-refractivity contribution is -0.677. The third kappa shape index (κ3) is 3.41. The molecule has 1 unspecified atom stereocenters. The highest BCUT2D eigenvalue weighted by Crippen LogP contribution is 2.25. The zero-order chi connectivity index (χ0) is 19.7. The minimum Gasteiger partial charge on any atom is -0.539 e. The fraction of sp³-hybridized carbons (Fsp3) is 0.158. The van der Waals surface area contributed by atoms with E-state index in [9.17, 15) is 14.7 Å². The molecule has 0 saturated carbocycles. The third-order valence-electron chi connectivity index (χ3n) is 4.44. The molecule has 0 bridgehead atoms. The first-order valence-electron chi connectivity index (χ1n) is 8.53. The average Bonchev–Trinajstić information content (AvgIpc) is 3.20. The minimum absolute atomic E-state index is 0.0136. The van der Waals surface area contributed by atoms with Gasteiger partial charge in [-0.05, 0) is 28.9 Å². The fourth-order valence-electron chi connectivity index (χ4n) is 3.06. The van der Waals surface area contributed by atoms with Crippen molar-refractivity contribution in [1.29, 1.82) is 0 Å². The van der Waals surface area contributed by atoms with Gasteiger partial charge in [-0.15, -0.1) is 0 Å². The van der Waals surface area contributed by atoms with Gasteiger partial charge in [-0.1, -0.05) is 34.1 Å². The highest BCUT2D eigenvalue weighted by Gasteiger charge is 2.39. The first-order chi connectivity index (χ1) is 13.5. The molecule has 1 atom stereocenters. The topological polar surface area (TPSA) is 102 Å². The van der Waals surface area contributed by atoms with Crippen molar-refractivity contribution in [1.82, 2.24) is 10.6 Å². The van der Waals surface area contributed by atoms with Crippen molar-refractivity contribution >= 4 is 33.4 Å². The van der Waals surface area contributed by atoms with Gasteiger partial charge in [-0.3, -0.25) is 14.9 Å². The van der Waals surface area contributed by atoms with Gasteiger partial charge < -0.3 is 9.63 Å². The maximum atomic E-state index is 12.7. The molecule has 0 aliphatic carbocycles. The molecule has 2 amide bonds. The summed E-state index contributed by atoms with van der Waals surface area (Å²) < 4.78 is 7.00. The zero-order valence-corrected chi connectivity index (χ0v) is 16.1. The van der Waals surface area contributed by atoms with E-state index in [1.54, 1.807) is 36.4 Å². The Morgan fingerprint density at radius 1 is 1.18 bits per heavy atom. The van der Waals surface area contributed by atoms with Gasteiger partial charge in [-0.25, -0.2) is 4.90 Å². The Hall–Kier alpha value is -3.04. The smallest absolute Gasteiger partial charge is 0.253 e. The number of hydrogen-bond acceptors (Lipinski definition) is 6. The molecule has 9 heteroatoms. The standard InChI is InChI=1S/C19H15BrN4O4/c20-12-6-8-13(9-7-12)23-17(25)10-15(18(23)26)21-11-16-19(27)28-22-24(16)14-4-2-1-3-5-14/h1-9,15,21H,10-11H2. The number of rotatable bonds is 5. The van der Waals surface area contributed by atoms with E-state index in [4.69, 9.17) is 4.52 Å². The molecule has 2 aromatic carbocycles. The number of carbonyl (C=O) groups is 2. The van der Waals surface area contributed by atoms with Crippen molar-refractivity contribution in [3.8, 4) is 11.6 Å². The van der Waals surface area contributed by atoms with E-state index in [1.165, 1.54) is 4.68 Å². The minimum atomic E-state index is -0.727. The molecule has 1 aliphatic rings. The lowest BCUT2D eigenvalue weighted by atomic mass is 10.2. The van der Waals surface area contributed by atoms with Crippen LogP contribution in [-0.2, 0) is 16.1 Å². The number of halogens is 1. The Balaban J connectivity index is 1.51. The van der Waals surface area contributed by atoms with Crippen molar-refractivity contribution in [3.05, 3.63) is 64.8 Å². The molecular weight excluding hydrogens is 428 g/mol. The molecule has 1 aliphatic heterocycles. The number of anilines is 1. The molecule has 142 valence electrons. The molecule has 1 fully saturated rings. The van der Waals surface area contributed by atoms with E-state index in [1.807, 2.05) is 18.2 Å². The zero-order valence-electron chi connectivity index (χ0n) is 14.5. The number of hydrogen-bond donors (Lipinski definition) is 1. The number of imide groups is 1. The SMILES string of the molecule is O=C1CC(NCc2c([O-])on[n+]2-c2ccccc2)C(=O)N1c1ccc(Br)cc1. The van der Waals surface area contributed by atoms with E-state index in [2.05, 4.69) is 26.5 Å². The van der Waals surface area contributed by atoms with E-state index >= 15 is 0 Å². The van der Waals surface area contributed by atoms with Gasteiger partial charge >= 0.3 is 0 Å². The Bertz CT molecular complexity index is 1020. The van der Waals surface area contributed by atoms with Crippen LogP contribution in [0.1, 0.15) is 12.1 Å². The van der Waals surface area contributed by atoms with Crippen molar-refractivity contribution < 1.29 is 23.9 Å². The summed E-state index contributed by atoms with van der Waals surface area (Å²) in [4.78, 5) is 26.2. The van der Waals surface area contributed by atoms with Crippen LogP contribution < -0.4 is 20.0 Å². The number of nitrogens with zero attached hydrogens (tertiary/aromatic N) is 3. The van der Waals surface area contributed by atoms with Crippen LogP contribution in [0.5, 0.6) is 5.95 Å². The number of carbonyl (C=O) groups excluding carboxylic acids is 2. The molecule has 4 rings (SSSR count). The first kappa shape index (κ1) is 18.3. The third-order valence-corrected chi connectivity index (χ3v) is 4.97. The van der Waals surface area contributed by atoms with Crippen LogP contribution in [0.4, 0.5) is 5.69 Å². The second-order valence-electron chi connectivity index (χ2n) is 6.24. The molecule has 0 radical (unpaired) electrons. The van der Waals surface area contributed by atoms with Crippen LogP contribution in [0.25, 0.3) is 5.69 Å². The van der Waals surface area contributed by atoms with Crippen molar-refractivity contribution in [2.24, 2.45) is 0 Å². The van der Waals surface area contributed by atoms with Gasteiger partial charge in [-0.2, -0.15) is 0 Å². The monoisotopic (exact) mass is 442 g/mol. The highest BCUT2D eigenvalue weighted by molar-refractivity contribution is 9.10. The number of para-hydroxylation sites is 1. The molecule has 28 heavy (non-hydrogen) atoms. The summed E-state index contributed by atoms with van der Waals surface area (Å²) in [5.41, 5.74) is 1.42. The summed E-state index contributed by atoms with van der Waals surface area (Å²) in [5.74, 6) is -1.26. The van der Waals surface area contributed by atoms with Crippen LogP contribution >= 0.6 is 15.9 Å². The maximum absolute atomic E-state index is 12.7.